The molecular weight excluding hydrogens is 340 g/mol. The lowest BCUT2D eigenvalue weighted by atomic mass is 10.1. The zero-order valence-corrected chi connectivity index (χ0v) is 15.4. The van der Waals surface area contributed by atoms with Crippen LogP contribution in [0.2, 0.25) is 0 Å². The molecule has 0 amide bonds. The van der Waals surface area contributed by atoms with E-state index in [4.69, 9.17) is 9.84 Å². The average molecular weight is 366 g/mol. The first-order chi connectivity index (χ1) is 13.2. The molecule has 1 saturated heterocycles. The van der Waals surface area contributed by atoms with E-state index in [9.17, 15) is 4.79 Å². The van der Waals surface area contributed by atoms with Crippen molar-refractivity contribution in [3.05, 3.63) is 71.3 Å². The lowest BCUT2D eigenvalue weighted by Gasteiger charge is -2.33. The highest BCUT2D eigenvalue weighted by Crippen LogP contribution is 2.40. The molecule has 1 aliphatic carbocycles. The summed E-state index contributed by atoms with van der Waals surface area (Å²) in [5.41, 5.74) is 2.89. The van der Waals surface area contributed by atoms with E-state index in [1.165, 1.54) is 12.0 Å². The minimum absolute atomic E-state index is 0.203. The maximum absolute atomic E-state index is 11.0. The van der Waals surface area contributed by atoms with E-state index in [2.05, 4.69) is 40.5 Å². The second-order valence-corrected chi connectivity index (χ2v) is 7.50. The molecule has 1 aliphatic heterocycles. The highest BCUT2D eigenvalue weighted by molar-refractivity contribution is 5.87. The number of carboxylic acids is 1. The van der Waals surface area contributed by atoms with Gasteiger partial charge in [0, 0.05) is 38.1 Å². The standard InChI is InChI=1S/C22H26N2O3/c25-22(26)18-8-6-16(7-9-18)14-24-10-11-27-19(15-24)13-23-21-12-20(21)17-4-2-1-3-5-17/h1-9,19-21,23H,10-15H2,(H,25,26). The second-order valence-electron chi connectivity index (χ2n) is 7.50. The number of morpholine rings is 1. The van der Waals surface area contributed by atoms with Crippen molar-refractivity contribution in [2.75, 3.05) is 26.2 Å². The number of hydrogen-bond donors (Lipinski definition) is 2. The summed E-state index contributed by atoms with van der Waals surface area (Å²) >= 11 is 0. The molecule has 5 nitrogen and oxygen atoms in total. The summed E-state index contributed by atoms with van der Waals surface area (Å²) < 4.78 is 5.93. The summed E-state index contributed by atoms with van der Waals surface area (Å²) in [4.78, 5) is 13.3. The van der Waals surface area contributed by atoms with E-state index in [0.717, 1.165) is 38.3 Å². The van der Waals surface area contributed by atoms with Gasteiger partial charge in [-0.15, -0.1) is 0 Å². The zero-order chi connectivity index (χ0) is 18.6. The van der Waals surface area contributed by atoms with Crippen LogP contribution < -0.4 is 5.32 Å². The highest BCUT2D eigenvalue weighted by atomic mass is 16.5. The summed E-state index contributed by atoms with van der Waals surface area (Å²) in [7, 11) is 0. The third kappa shape index (κ3) is 4.75. The Kier molecular flexibility index (Phi) is 5.53. The largest absolute Gasteiger partial charge is 0.478 e. The molecule has 1 saturated carbocycles. The Balaban J connectivity index is 1.23. The van der Waals surface area contributed by atoms with Crippen molar-refractivity contribution in [1.82, 2.24) is 10.2 Å². The fourth-order valence-electron chi connectivity index (χ4n) is 3.83. The molecule has 3 atom stereocenters. The van der Waals surface area contributed by atoms with Gasteiger partial charge in [0.05, 0.1) is 18.3 Å². The van der Waals surface area contributed by atoms with Gasteiger partial charge in [0.25, 0.3) is 0 Å². The maximum atomic E-state index is 11.0. The SMILES string of the molecule is O=C(O)c1ccc(CN2CCOC(CNC3CC3c3ccccc3)C2)cc1. The number of rotatable bonds is 7. The molecule has 2 aliphatic rings. The minimum atomic E-state index is -0.882. The van der Waals surface area contributed by atoms with Crippen molar-refractivity contribution in [3.63, 3.8) is 0 Å². The van der Waals surface area contributed by atoms with Gasteiger partial charge in [-0.1, -0.05) is 42.5 Å². The van der Waals surface area contributed by atoms with Gasteiger partial charge in [0.2, 0.25) is 0 Å². The van der Waals surface area contributed by atoms with Gasteiger partial charge >= 0.3 is 5.97 Å². The van der Waals surface area contributed by atoms with Crippen molar-refractivity contribution in [3.8, 4) is 0 Å². The molecule has 142 valence electrons. The normalized spacial score (nSPS) is 25.3. The number of hydrogen-bond acceptors (Lipinski definition) is 4. The average Bonchev–Trinajstić information content (AvgIpc) is 3.48. The predicted molar refractivity (Wildman–Crippen MR) is 104 cm³/mol. The minimum Gasteiger partial charge on any atom is -0.478 e. The topological polar surface area (TPSA) is 61.8 Å². The van der Waals surface area contributed by atoms with Gasteiger partial charge in [0.1, 0.15) is 0 Å². The molecule has 4 rings (SSSR count). The van der Waals surface area contributed by atoms with Gasteiger partial charge in [-0.2, -0.15) is 0 Å². The van der Waals surface area contributed by atoms with Crippen LogP contribution in [0.25, 0.3) is 0 Å². The number of carboxylic acid groups (broad SMARTS) is 1. The van der Waals surface area contributed by atoms with Crippen molar-refractivity contribution in [2.24, 2.45) is 0 Å². The van der Waals surface area contributed by atoms with Crippen LogP contribution >= 0.6 is 0 Å². The molecule has 0 bridgehead atoms. The van der Waals surface area contributed by atoms with Gasteiger partial charge in [-0.25, -0.2) is 4.79 Å². The van der Waals surface area contributed by atoms with Crippen LogP contribution in [0.1, 0.15) is 33.8 Å². The van der Waals surface area contributed by atoms with Crippen molar-refractivity contribution >= 4 is 5.97 Å². The Bertz CT molecular complexity index is 763. The third-order valence-electron chi connectivity index (χ3n) is 5.46. The van der Waals surface area contributed by atoms with Crippen LogP contribution in [0.15, 0.2) is 54.6 Å². The highest BCUT2D eigenvalue weighted by Gasteiger charge is 2.38. The zero-order valence-electron chi connectivity index (χ0n) is 15.4. The molecule has 0 spiro atoms. The molecule has 0 aromatic heterocycles. The molecule has 3 unspecified atom stereocenters. The van der Waals surface area contributed by atoms with Gasteiger partial charge < -0.3 is 15.2 Å². The number of benzene rings is 2. The number of ether oxygens (including phenoxy) is 1. The summed E-state index contributed by atoms with van der Waals surface area (Å²) in [5.74, 6) is -0.244. The van der Waals surface area contributed by atoms with Crippen molar-refractivity contribution in [1.29, 1.82) is 0 Å². The van der Waals surface area contributed by atoms with Crippen LogP contribution in [-0.2, 0) is 11.3 Å². The van der Waals surface area contributed by atoms with Crippen LogP contribution in [0.5, 0.6) is 0 Å². The monoisotopic (exact) mass is 366 g/mol. The summed E-state index contributed by atoms with van der Waals surface area (Å²) in [6, 6.07) is 18.4. The molecule has 0 radical (unpaired) electrons. The first kappa shape index (κ1) is 18.2. The molecule has 2 aromatic rings. The van der Waals surface area contributed by atoms with E-state index in [-0.39, 0.29) is 6.10 Å². The first-order valence-corrected chi connectivity index (χ1v) is 9.63. The summed E-state index contributed by atoms with van der Waals surface area (Å²) in [6.07, 6.45) is 1.41. The van der Waals surface area contributed by atoms with Crippen LogP contribution in [0.3, 0.4) is 0 Å². The molecule has 1 heterocycles. The predicted octanol–water partition coefficient (Wildman–Crippen LogP) is 2.73. The Morgan fingerprint density at radius 2 is 1.93 bits per heavy atom. The number of carbonyl (C=O) groups is 1. The Hall–Kier alpha value is -2.21. The van der Waals surface area contributed by atoms with Crippen molar-refractivity contribution < 1.29 is 14.6 Å². The maximum Gasteiger partial charge on any atom is 0.335 e. The summed E-state index contributed by atoms with van der Waals surface area (Å²) in [5, 5.41) is 12.7. The number of nitrogens with zero attached hydrogens (tertiary/aromatic N) is 1. The van der Waals surface area contributed by atoms with Crippen LogP contribution in [-0.4, -0.2) is 54.4 Å². The Labute approximate surface area is 160 Å². The quantitative estimate of drug-likeness (QED) is 0.789. The van der Waals surface area contributed by atoms with Gasteiger partial charge in [0.15, 0.2) is 0 Å². The number of nitrogens with one attached hydrogen (secondary N) is 1. The fraction of sp³-hybridized carbons (Fsp3) is 0.409. The lowest BCUT2D eigenvalue weighted by Crippen LogP contribution is -2.46. The van der Waals surface area contributed by atoms with Gasteiger partial charge in [-0.3, -0.25) is 4.90 Å². The second kappa shape index (κ2) is 8.21. The first-order valence-electron chi connectivity index (χ1n) is 9.63. The van der Waals surface area contributed by atoms with E-state index in [1.54, 1.807) is 12.1 Å². The van der Waals surface area contributed by atoms with E-state index >= 15 is 0 Å². The molecule has 27 heavy (non-hydrogen) atoms. The molecule has 2 fully saturated rings. The summed E-state index contributed by atoms with van der Waals surface area (Å²) in [6.45, 7) is 4.26. The molecule has 2 N–H and O–H groups in total. The van der Waals surface area contributed by atoms with Crippen LogP contribution in [0.4, 0.5) is 0 Å². The van der Waals surface area contributed by atoms with E-state index < -0.39 is 5.97 Å². The Morgan fingerprint density at radius 3 is 2.67 bits per heavy atom. The van der Waals surface area contributed by atoms with Gasteiger partial charge in [-0.05, 0) is 29.7 Å². The molecule has 5 heteroatoms. The molecule has 2 aromatic carbocycles. The van der Waals surface area contributed by atoms with E-state index in [1.807, 2.05) is 12.1 Å². The smallest absolute Gasteiger partial charge is 0.335 e. The third-order valence-corrected chi connectivity index (χ3v) is 5.46. The van der Waals surface area contributed by atoms with E-state index in [0.29, 0.717) is 17.5 Å². The lowest BCUT2D eigenvalue weighted by molar-refractivity contribution is -0.0301. The fourth-order valence-corrected chi connectivity index (χ4v) is 3.83. The Morgan fingerprint density at radius 1 is 1.15 bits per heavy atom. The number of aromatic carboxylic acids is 1. The molecular formula is C22H26N2O3. The van der Waals surface area contributed by atoms with Crippen molar-refractivity contribution in [2.45, 2.75) is 31.0 Å². The van der Waals surface area contributed by atoms with Crippen LogP contribution in [0, 0.1) is 0 Å².